The zero-order chi connectivity index (χ0) is 9.68. The van der Waals surface area contributed by atoms with Crippen LogP contribution in [0, 0.1) is 10.8 Å². The molecule has 6 heteroatoms. The molecule has 0 spiro atoms. The van der Waals surface area contributed by atoms with Crippen molar-refractivity contribution in [2.75, 3.05) is 0 Å². The molecule has 0 aliphatic heterocycles. The van der Waals surface area contributed by atoms with E-state index in [9.17, 15) is 0 Å². The molecular formula is C7H7N5O. The van der Waals surface area contributed by atoms with Crippen LogP contribution in [0.5, 0.6) is 5.75 Å². The third-order valence-corrected chi connectivity index (χ3v) is 1.33. The van der Waals surface area contributed by atoms with Crippen LogP contribution in [0.25, 0.3) is 11.0 Å². The molecule has 0 saturated carbocycles. The first-order valence-corrected chi connectivity index (χ1v) is 3.36. The zero-order valence-corrected chi connectivity index (χ0v) is 6.57. The standard InChI is InChI=1S/C6H5N3O.CH2N2/c10-5-3-1-2-4-6(5)8-9-7-4;2-1-3/h1-3,10H,(H,7,8,9);2-3H. The first-order valence-electron chi connectivity index (χ1n) is 3.36. The monoisotopic (exact) mass is 177 g/mol. The van der Waals surface area contributed by atoms with E-state index in [1.54, 1.807) is 18.2 Å². The van der Waals surface area contributed by atoms with Crippen molar-refractivity contribution < 1.29 is 5.11 Å². The summed E-state index contributed by atoms with van der Waals surface area (Å²) in [5.41, 5.74) is 1.20. The van der Waals surface area contributed by atoms with Gasteiger partial charge < -0.3 is 5.11 Å². The van der Waals surface area contributed by atoms with Crippen LogP contribution < -0.4 is 0 Å². The lowest BCUT2D eigenvalue weighted by Gasteiger charge is -1.87. The minimum atomic E-state index is 0.159. The summed E-state index contributed by atoms with van der Waals surface area (Å²) in [5.74, 6) is 0.159. The molecule has 0 fully saturated rings. The second-order valence-electron chi connectivity index (χ2n) is 2.09. The number of benzene rings is 1. The topological polar surface area (TPSA) is 110 Å². The summed E-state index contributed by atoms with van der Waals surface area (Å²) in [6.45, 7) is 0. The number of hydrogen-bond donors (Lipinski definition) is 4. The second kappa shape index (κ2) is 3.99. The molecule has 0 radical (unpaired) electrons. The Morgan fingerprint density at radius 1 is 1.31 bits per heavy atom. The molecule has 1 heterocycles. The van der Waals surface area contributed by atoms with Crippen molar-refractivity contribution in [1.82, 2.24) is 15.4 Å². The van der Waals surface area contributed by atoms with E-state index in [1.165, 1.54) is 6.01 Å². The average Bonchev–Trinajstić information content (AvgIpc) is 2.54. The highest BCUT2D eigenvalue weighted by molar-refractivity contribution is 5.79. The molecule has 2 rings (SSSR count). The smallest absolute Gasteiger partial charge is 0.154 e. The number of aromatic amines is 1. The Bertz CT molecular complexity index is 429. The Labute approximate surface area is 73.2 Å². The highest BCUT2D eigenvalue weighted by Gasteiger charge is 1.99. The van der Waals surface area contributed by atoms with E-state index in [2.05, 4.69) is 15.4 Å². The highest BCUT2D eigenvalue weighted by atomic mass is 16.3. The summed E-state index contributed by atoms with van der Waals surface area (Å²) >= 11 is 0. The summed E-state index contributed by atoms with van der Waals surface area (Å²) in [6.07, 6.45) is 0. The van der Waals surface area contributed by atoms with Crippen LogP contribution in [0.2, 0.25) is 0 Å². The van der Waals surface area contributed by atoms with Gasteiger partial charge in [-0.1, -0.05) is 6.07 Å². The Morgan fingerprint density at radius 3 is 2.62 bits per heavy atom. The van der Waals surface area contributed by atoms with E-state index in [-0.39, 0.29) is 5.75 Å². The quantitative estimate of drug-likeness (QED) is 0.450. The number of rotatable bonds is 0. The van der Waals surface area contributed by atoms with E-state index >= 15 is 0 Å². The Balaban J connectivity index is 0.000000251. The van der Waals surface area contributed by atoms with Gasteiger partial charge in [-0.25, -0.2) is 10.8 Å². The van der Waals surface area contributed by atoms with E-state index in [0.29, 0.717) is 11.0 Å². The Kier molecular flexibility index (Phi) is 2.73. The van der Waals surface area contributed by atoms with Crippen LogP contribution in [0.1, 0.15) is 0 Å². The van der Waals surface area contributed by atoms with Crippen LogP contribution in [-0.2, 0) is 0 Å². The predicted octanol–water partition coefficient (Wildman–Crippen LogP) is 0.981. The predicted molar refractivity (Wildman–Crippen MR) is 46.0 cm³/mol. The molecule has 0 aliphatic carbocycles. The molecular weight excluding hydrogens is 170 g/mol. The van der Waals surface area contributed by atoms with Gasteiger partial charge in [0.15, 0.2) is 5.52 Å². The summed E-state index contributed by atoms with van der Waals surface area (Å²) < 4.78 is 0. The summed E-state index contributed by atoms with van der Waals surface area (Å²) in [6, 6.07) is 6.32. The lowest BCUT2D eigenvalue weighted by Crippen LogP contribution is -1.68. The minimum absolute atomic E-state index is 0.159. The molecule has 0 saturated heterocycles. The van der Waals surface area contributed by atoms with Crippen molar-refractivity contribution >= 4 is 17.0 Å². The van der Waals surface area contributed by atoms with E-state index in [4.69, 9.17) is 15.9 Å². The molecule has 66 valence electrons. The molecule has 0 amide bonds. The maximum atomic E-state index is 9.14. The van der Waals surface area contributed by atoms with E-state index < -0.39 is 0 Å². The Hall–Kier alpha value is -2.20. The van der Waals surface area contributed by atoms with Crippen molar-refractivity contribution in [2.24, 2.45) is 0 Å². The number of H-pyrrole nitrogens is 1. The lowest BCUT2D eigenvalue weighted by atomic mass is 10.3. The van der Waals surface area contributed by atoms with Gasteiger partial charge in [-0.15, -0.1) is 0 Å². The SMILES string of the molecule is N=C=N.Oc1cccc2n[nH]nc12. The number of para-hydroxylation sites is 1. The summed E-state index contributed by atoms with van der Waals surface area (Å²) in [5, 5.41) is 30.3. The summed E-state index contributed by atoms with van der Waals surface area (Å²) in [7, 11) is 0. The van der Waals surface area contributed by atoms with Gasteiger partial charge >= 0.3 is 0 Å². The Morgan fingerprint density at radius 2 is 2.00 bits per heavy atom. The van der Waals surface area contributed by atoms with Gasteiger partial charge in [-0.05, 0) is 12.1 Å². The van der Waals surface area contributed by atoms with Gasteiger partial charge in [0.2, 0.25) is 0 Å². The number of nitrogens with zero attached hydrogens (tertiary/aromatic N) is 2. The van der Waals surface area contributed by atoms with Gasteiger partial charge in [0.05, 0.1) is 6.01 Å². The highest BCUT2D eigenvalue weighted by Crippen LogP contribution is 2.18. The van der Waals surface area contributed by atoms with Crippen LogP contribution >= 0.6 is 0 Å². The zero-order valence-electron chi connectivity index (χ0n) is 6.57. The van der Waals surface area contributed by atoms with Crippen LogP contribution in [-0.4, -0.2) is 26.5 Å². The fourth-order valence-corrected chi connectivity index (χ4v) is 0.853. The summed E-state index contributed by atoms with van der Waals surface area (Å²) in [4.78, 5) is 0. The molecule has 0 bridgehead atoms. The number of aromatic hydroxyl groups is 1. The van der Waals surface area contributed by atoms with Gasteiger partial charge in [0.25, 0.3) is 0 Å². The van der Waals surface area contributed by atoms with Crippen molar-refractivity contribution in [3.63, 3.8) is 0 Å². The fourth-order valence-electron chi connectivity index (χ4n) is 0.853. The molecule has 1 aromatic carbocycles. The molecule has 0 atom stereocenters. The molecule has 6 nitrogen and oxygen atoms in total. The van der Waals surface area contributed by atoms with Crippen LogP contribution in [0.15, 0.2) is 18.2 Å². The number of phenolic OH excluding ortho intramolecular Hbond substituents is 1. The number of fused-ring (bicyclic) bond motifs is 1. The van der Waals surface area contributed by atoms with Gasteiger partial charge in [0.1, 0.15) is 11.3 Å². The van der Waals surface area contributed by atoms with Crippen molar-refractivity contribution in [3.05, 3.63) is 18.2 Å². The van der Waals surface area contributed by atoms with E-state index in [0.717, 1.165) is 0 Å². The number of aromatic nitrogens is 3. The fraction of sp³-hybridized carbons (Fsp3) is 0. The first-order chi connectivity index (χ1) is 6.29. The van der Waals surface area contributed by atoms with Gasteiger partial charge in [-0.2, -0.15) is 15.4 Å². The van der Waals surface area contributed by atoms with Crippen molar-refractivity contribution in [1.29, 1.82) is 10.8 Å². The van der Waals surface area contributed by atoms with Gasteiger partial charge in [-0.3, -0.25) is 0 Å². The first kappa shape index (κ1) is 8.89. The van der Waals surface area contributed by atoms with Crippen LogP contribution in [0.4, 0.5) is 0 Å². The van der Waals surface area contributed by atoms with E-state index in [1.807, 2.05) is 0 Å². The van der Waals surface area contributed by atoms with Crippen molar-refractivity contribution in [2.45, 2.75) is 0 Å². The lowest BCUT2D eigenvalue weighted by molar-refractivity contribution is 0.480. The normalized spacial score (nSPS) is 8.62. The number of nitrogens with one attached hydrogen (secondary N) is 3. The second-order valence-corrected chi connectivity index (χ2v) is 2.09. The van der Waals surface area contributed by atoms with Crippen molar-refractivity contribution in [3.8, 4) is 5.75 Å². The maximum Gasteiger partial charge on any atom is 0.154 e. The third kappa shape index (κ3) is 1.88. The van der Waals surface area contributed by atoms with Gasteiger partial charge in [0, 0.05) is 0 Å². The molecule has 2 aromatic rings. The number of hydrogen-bond acceptors (Lipinski definition) is 5. The molecule has 0 aliphatic rings. The molecule has 1 aromatic heterocycles. The molecule has 4 N–H and O–H groups in total. The molecule has 0 unspecified atom stereocenters. The van der Waals surface area contributed by atoms with Crippen LogP contribution in [0.3, 0.4) is 0 Å². The number of phenols is 1. The average molecular weight is 177 g/mol. The third-order valence-electron chi connectivity index (χ3n) is 1.33. The maximum absolute atomic E-state index is 9.14. The molecule has 13 heavy (non-hydrogen) atoms. The minimum Gasteiger partial charge on any atom is -0.506 e. The largest absolute Gasteiger partial charge is 0.506 e.